The van der Waals surface area contributed by atoms with Gasteiger partial charge in [0.25, 0.3) is 15.8 Å². The zero-order chi connectivity index (χ0) is 16.9. The molecule has 0 amide bonds. The number of anilines is 2. The molecule has 1 aliphatic rings. The zero-order valence-electron chi connectivity index (χ0n) is 13.0. The predicted octanol–water partition coefficient (Wildman–Crippen LogP) is 1.97. The van der Waals surface area contributed by atoms with Crippen molar-refractivity contribution >= 4 is 27.2 Å². The van der Waals surface area contributed by atoms with E-state index in [1.54, 1.807) is 12.1 Å². The summed E-state index contributed by atoms with van der Waals surface area (Å²) in [6.45, 7) is 2.35. The summed E-state index contributed by atoms with van der Waals surface area (Å²) >= 11 is 0. The van der Waals surface area contributed by atoms with Gasteiger partial charge in [-0.05, 0) is 31.4 Å². The van der Waals surface area contributed by atoms with Crippen molar-refractivity contribution < 1.29 is 17.5 Å². The standard InChI is InChI=1S/C14H21N3O5S/c1-23(20,21)22-10-4-7-15-13-11-12(16-8-2-3-9-16)5-6-14(13)17(18)19/h5-6,11,15H,2-4,7-10H2,1H3. The van der Waals surface area contributed by atoms with Crippen molar-refractivity contribution in [2.45, 2.75) is 19.3 Å². The first kappa shape index (κ1) is 17.5. The first-order valence-electron chi connectivity index (χ1n) is 7.48. The van der Waals surface area contributed by atoms with Gasteiger partial charge in [0.05, 0.1) is 17.8 Å². The maximum atomic E-state index is 11.1. The molecule has 0 aromatic heterocycles. The van der Waals surface area contributed by atoms with E-state index >= 15 is 0 Å². The van der Waals surface area contributed by atoms with Crippen molar-refractivity contribution in [1.29, 1.82) is 0 Å². The molecule has 0 aliphatic carbocycles. The molecule has 1 fully saturated rings. The van der Waals surface area contributed by atoms with E-state index in [0.717, 1.165) is 37.9 Å². The Morgan fingerprint density at radius 1 is 1.35 bits per heavy atom. The molecule has 128 valence electrons. The first-order chi connectivity index (χ1) is 10.9. The topological polar surface area (TPSA) is 102 Å². The summed E-state index contributed by atoms with van der Waals surface area (Å²) in [7, 11) is -3.45. The van der Waals surface area contributed by atoms with Crippen LogP contribution in [0.3, 0.4) is 0 Å². The molecule has 0 bridgehead atoms. The molecular formula is C14H21N3O5S. The number of hydrogen-bond acceptors (Lipinski definition) is 7. The van der Waals surface area contributed by atoms with Gasteiger partial charge in [0, 0.05) is 31.4 Å². The summed E-state index contributed by atoms with van der Waals surface area (Å²) in [6, 6.07) is 5.05. The van der Waals surface area contributed by atoms with Gasteiger partial charge in [-0.1, -0.05) is 0 Å². The van der Waals surface area contributed by atoms with Gasteiger partial charge in [0.15, 0.2) is 0 Å². The average Bonchev–Trinajstić information content (AvgIpc) is 2.99. The van der Waals surface area contributed by atoms with Crippen LogP contribution in [0.4, 0.5) is 17.1 Å². The molecule has 0 saturated carbocycles. The summed E-state index contributed by atoms with van der Waals surface area (Å²) in [4.78, 5) is 12.9. The Bertz CT molecular complexity index is 656. The monoisotopic (exact) mass is 343 g/mol. The minimum absolute atomic E-state index is 0.0111. The lowest BCUT2D eigenvalue weighted by Crippen LogP contribution is -2.18. The van der Waals surface area contributed by atoms with E-state index in [0.29, 0.717) is 18.7 Å². The quantitative estimate of drug-likeness (QED) is 0.333. The van der Waals surface area contributed by atoms with Gasteiger partial charge in [-0.3, -0.25) is 14.3 Å². The van der Waals surface area contributed by atoms with Crippen molar-refractivity contribution in [2.24, 2.45) is 0 Å². The van der Waals surface area contributed by atoms with Crippen molar-refractivity contribution in [2.75, 3.05) is 42.7 Å². The van der Waals surface area contributed by atoms with E-state index in [2.05, 4.69) is 14.4 Å². The number of nitrogens with zero attached hydrogens (tertiary/aromatic N) is 2. The van der Waals surface area contributed by atoms with Gasteiger partial charge in [-0.15, -0.1) is 0 Å². The van der Waals surface area contributed by atoms with E-state index in [9.17, 15) is 18.5 Å². The second kappa shape index (κ2) is 7.60. The number of rotatable bonds is 8. The molecule has 0 spiro atoms. The van der Waals surface area contributed by atoms with Crippen LogP contribution >= 0.6 is 0 Å². The maximum absolute atomic E-state index is 11.1. The Hall–Kier alpha value is -1.87. The second-order valence-corrected chi connectivity index (χ2v) is 7.10. The van der Waals surface area contributed by atoms with Crippen molar-refractivity contribution in [1.82, 2.24) is 0 Å². The van der Waals surface area contributed by atoms with Crippen LogP contribution in [-0.2, 0) is 14.3 Å². The van der Waals surface area contributed by atoms with Crippen LogP contribution in [-0.4, -0.2) is 45.8 Å². The highest BCUT2D eigenvalue weighted by molar-refractivity contribution is 7.85. The van der Waals surface area contributed by atoms with Crippen LogP contribution < -0.4 is 10.2 Å². The van der Waals surface area contributed by atoms with Crippen LogP contribution in [0.1, 0.15) is 19.3 Å². The summed E-state index contributed by atoms with van der Waals surface area (Å²) < 4.78 is 26.4. The SMILES string of the molecule is CS(=O)(=O)OCCCNc1cc(N2CCCC2)ccc1[N+](=O)[O-]. The molecule has 1 aromatic carbocycles. The van der Waals surface area contributed by atoms with Crippen molar-refractivity contribution in [3.05, 3.63) is 28.3 Å². The largest absolute Gasteiger partial charge is 0.379 e. The van der Waals surface area contributed by atoms with Gasteiger partial charge >= 0.3 is 0 Å². The summed E-state index contributed by atoms with van der Waals surface area (Å²) in [5, 5.41) is 14.1. The number of nitrogens with one attached hydrogen (secondary N) is 1. The molecule has 1 saturated heterocycles. The molecule has 0 radical (unpaired) electrons. The van der Waals surface area contributed by atoms with Crippen molar-refractivity contribution in [3.8, 4) is 0 Å². The molecular weight excluding hydrogens is 322 g/mol. The predicted molar refractivity (Wildman–Crippen MR) is 88.4 cm³/mol. The third-order valence-corrected chi connectivity index (χ3v) is 4.18. The highest BCUT2D eigenvalue weighted by atomic mass is 32.2. The van der Waals surface area contributed by atoms with E-state index in [-0.39, 0.29) is 12.3 Å². The Morgan fingerprint density at radius 3 is 2.65 bits per heavy atom. The van der Waals surface area contributed by atoms with Crippen LogP contribution in [0.2, 0.25) is 0 Å². The Morgan fingerprint density at radius 2 is 2.04 bits per heavy atom. The third-order valence-electron chi connectivity index (χ3n) is 3.58. The normalized spacial score (nSPS) is 14.9. The van der Waals surface area contributed by atoms with Gasteiger partial charge in [-0.2, -0.15) is 8.42 Å². The van der Waals surface area contributed by atoms with Crippen molar-refractivity contribution in [3.63, 3.8) is 0 Å². The van der Waals surface area contributed by atoms with Gasteiger partial charge in [0.2, 0.25) is 0 Å². The lowest BCUT2D eigenvalue weighted by molar-refractivity contribution is -0.383. The molecule has 1 N–H and O–H groups in total. The van der Waals surface area contributed by atoms with E-state index in [1.165, 1.54) is 6.07 Å². The highest BCUT2D eigenvalue weighted by Gasteiger charge is 2.18. The summed E-state index contributed by atoms with van der Waals surface area (Å²) in [5.41, 5.74) is 1.42. The molecule has 1 heterocycles. The molecule has 1 aliphatic heterocycles. The Labute approximate surface area is 135 Å². The lowest BCUT2D eigenvalue weighted by Gasteiger charge is -2.18. The fraction of sp³-hybridized carbons (Fsp3) is 0.571. The number of benzene rings is 1. The summed E-state index contributed by atoms with van der Waals surface area (Å²) in [6.07, 6.45) is 3.67. The third kappa shape index (κ3) is 5.36. The summed E-state index contributed by atoms with van der Waals surface area (Å²) in [5.74, 6) is 0. The van der Waals surface area contributed by atoms with Crippen LogP contribution in [0.5, 0.6) is 0 Å². The van der Waals surface area contributed by atoms with E-state index in [4.69, 9.17) is 0 Å². The molecule has 8 nitrogen and oxygen atoms in total. The smallest absolute Gasteiger partial charge is 0.292 e. The fourth-order valence-electron chi connectivity index (χ4n) is 2.50. The Kier molecular flexibility index (Phi) is 5.78. The van der Waals surface area contributed by atoms with Gasteiger partial charge in [0.1, 0.15) is 5.69 Å². The molecule has 0 unspecified atom stereocenters. The minimum Gasteiger partial charge on any atom is -0.379 e. The number of nitro benzene ring substituents is 1. The van der Waals surface area contributed by atoms with E-state index < -0.39 is 15.0 Å². The van der Waals surface area contributed by atoms with Gasteiger partial charge < -0.3 is 10.2 Å². The number of nitro groups is 1. The van der Waals surface area contributed by atoms with E-state index in [1.807, 2.05) is 0 Å². The first-order valence-corrected chi connectivity index (χ1v) is 9.30. The molecule has 2 rings (SSSR count). The number of hydrogen-bond donors (Lipinski definition) is 1. The zero-order valence-corrected chi connectivity index (χ0v) is 13.8. The highest BCUT2D eigenvalue weighted by Crippen LogP contribution is 2.31. The Balaban J connectivity index is 1.99. The minimum atomic E-state index is -3.45. The molecule has 23 heavy (non-hydrogen) atoms. The molecule has 9 heteroatoms. The average molecular weight is 343 g/mol. The van der Waals surface area contributed by atoms with Crippen LogP contribution in [0, 0.1) is 10.1 Å². The maximum Gasteiger partial charge on any atom is 0.292 e. The molecule has 0 atom stereocenters. The van der Waals surface area contributed by atoms with Crippen LogP contribution in [0.15, 0.2) is 18.2 Å². The van der Waals surface area contributed by atoms with Gasteiger partial charge in [-0.25, -0.2) is 0 Å². The second-order valence-electron chi connectivity index (χ2n) is 5.46. The van der Waals surface area contributed by atoms with Crippen LogP contribution in [0.25, 0.3) is 0 Å². The lowest BCUT2D eigenvalue weighted by atomic mass is 10.2. The molecule has 1 aromatic rings. The fourth-order valence-corrected chi connectivity index (χ4v) is 2.92.